The summed E-state index contributed by atoms with van der Waals surface area (Å²) in [6, 6.07) is 5.66. The van der Waals surface area contributed by atoms with E-state index in [4.69, 9.17) is 5.11 Å². The second-order valence-electron chi connectivity index (χ2n) is 4.83. The highest BCUT2D eigenvalue weighted by Crippen LogP contribution is 2.26. The lowest BCUT2D eigenvalue weighted by atomic mass is 10.0. The molecule has 0 saturated carbocycles. The molecule has 0 aliphatic carbocycles. The molecule has 0 bridgehead atoms. The number of carboxylic acid groups (broad SMARTS) is 1. The molecule has 2 amide bonds. The fraction of sp³-hybridized carbons (Fsp3) is 0.308. The molecule has 10 heteroatoms. The van der Waals surface area contributed by atoms with E-state index in [0.29, 0.717) is 5.33 Å². The summed E-state index contributed by atoms with van der Waals surface area (Å²) in [5, 5.41) is 9.34. The highest BCUT2D eigenvalue weighted by molar-refractivity contribution is 9.08. The van der Waals surface area contributed by atoms with Crippen molar-refractivity contribution in [2.75, 3.05) is 0 Å². The summed E-state index contributed by atoms with van der Waals surface area (Å²) < 4.78 is 28.8. The van der Waals surface area contributed by atoms with E-state index in [-0.39, 0.29) is 9.96 Å². The molecule has 1 aliphatic rings. The Morgan fingerprint density at radius 3 is 2.43 bits per heavy atom. The molecular formula is C13H12BrNO7S. The topological polar surface area (TPSA) is 118 Å². The summed E-state index contributed by atoms with van der Waals surface area (Å²) in [6.45, 7) is 0. The van der Waals surface area contributed by atoms with E-state index < -0.39 is 46.7 Å². The first kappa shape index (κ1) is 17.6. The zero-order valence-corrected chi connectivity index (χ0v) is 14.0. The number of carbonyl (C=O) groups is 3. The normalized spacial score (nSPS) is 18.5. The van der Waals surface area contributed by atoms with Gasteiger partial charge in [-0.3, -0.25) is 14.4 Å². The maximum Gasteiger partial charge on any atom is 0.318 e. The van der Waals surface area contributed by atoms with Gasteiger partial charge in [0, 0.05) is 11.8 Å². The van der Waals surface area contributed by atoms with Crippen LogP contribution in [0.15, 0.2) is 29.2 Å². The number of alkyl halides is 1. The predicted octanol–water partition coefficient (Wildman–Crippen LogP) is 1.05. The van der Waals surface area contributed by atoms with Gasteiger partial charge >= 0.3 is 16.1 Å². The number of halogens is 1. The molecule has 1 aromatic rings. The highest BCUT2D eigenvalue weighted by Gasteiger charge is 2.43. The fourth-order valence-electron chi connectivity index (χ4n) is 2.00. The van der Waals surface area contributed by atoms with E-state index in [0.717, 1.165) is 5.56 Å². The third kappa shape index (κ3) is 3.95. The largest absolute Gasteiger partial charge is 0.481 e. The van der Waals surface area contributed by atoms with E-state index in [1.54, 1.807) is 12.1 Å². The van der Waals surface area contributed by atoms with Crippen LogP contribution in [-0.4, -0.2) is 36.4 Å². The van der Waals surface area contributed by atoms with Crippen molar-refractivity contribution in [1.82, 2.24) is 5.06 Å². The molecule has 1 aliphatic heterocycles. The smallest absolute Gasteiger partial charge is 0.318 e. The molecule has 1 atom stereocenters. The van der Waals surface area contributed by atoms with Gasteiger partial charge in [-0.15, -0.1) is 9.35 Å². The second-order valence-corrected chi connectivity index (χ2v) is 6.92. The lowest BCUT2D eigenvalue weighted by molar-refractivity contribution is -0.165. The Kier molecular flexibility index (Phi) is 5.17. The molecule has 1 fully saturated rings. The number of imide groups is 1. The molecule has 1 N–H and O–H groups in total. The first-order valence-corrected chi connectivity index (χ1v) is 8.95. The summed E-state index contributed by atoms with van der Waals surface area (Å²) >= 11 is 3.22. The summed E-state index contributed by atoms with van der Waals surface area (Å²) in [7, 11) is -4.36. The van der Waals surface area contributed by atoms with Crippen molar-refractivity contribution in [3.8, 4) is 0 Å². The number of aliphatic carboxylic acids is 1. The Bertz CT molecular complexity index is 744. The Morgan fingerprint density at radius 1 is 1.30 bits per heavy atom. The zero-order valence-electron chi connectivity index (χ0n) is 11.6. The van der Waals surface area contributed by atoms with Crippen molar-refractivity contribution in [2.45, 2.75) is 23.1 Å². The van der Waals surface area contributed by atoms with Crippen molar-refractivity contribution in [1.29, 1.82) is 0 Å². The summed E-state index contributed by atoms with van der Waals surface area (Å²) in [5.41, 5.74) is 0.832. The standard InChI is InChI=1S/C13H12BrNO7S/c14-7-8-1-3-10(4-2-8)23(20,21)22-15-11(16)5-9(13(15)19)6-12(17)18/h1-4,9H,5-7H2,(H,17,18). The Balaban J connectivity index is 2.17. The van der Waals surface area contributed by atoms with E-state index in [2.05, 4.69) is 20.2 Å². The van der Waals surface area contributed by atoms with E-state index in [1.165, 1.54) is 12.1 Å². The summed E-state index contributed by atoms with van der Waals surface area (Å²) in [4.78, 5) is 34.0. The zero-order chi connectivity index (χ0) is 17.2. The molecule has 23 heavy (non-hydrogen) atoms. The average molecular weight is 406 g/mol. The van der Waals surface area contributed by atoms with Crippen LogP contribution in [0.1, 0.15) is 18.4 Å². The molecule has 8 nitrogen and oxygen atoms in total. The van der Waals surface area contributed by atoms with Crippen LogP contribution in [-0.2, 0) is 34.1 Å². The predicted molar refractivity (Wildman–Crippen MR) is 79.6 cm³/mol. The van der Waals surface area contributed by atoms with Crippen molar-refractivity contribution in [3.05, 3.63) is 29.8 Å². The van der Waals surface area contributed by atoms with Crippen LogP contribution in [0.25, 0.3) is 0 Å². The molecule has 0 spiro atoms. The molecule has 1 heterocycles. The van der Waals surface area contributed by atoms with Crippen molar-refractivity contribution < 1.29 is 32.2 Å². The maximum absolute atomic E-state index is 12.1. The van der Waals surface area contributed by atoms with Crippen LogP contribution in [0.4, 0.5) is 0 Å². The quantitative estimate of drug-likeness (QED) is 0.554. The summed E-state index contributed by atoms with van der Waals surface area (Å²) in [5.74, 6) is -4.24. The minimum atomic E-state index is -4.36. The average Bonchev–Trinajstić information content (AvgIpc) is 2.74. The number of hydrogen-bond donors (Lipinski definition) is 1. The van der Waals surface area contributed by atoms with Gasteiger partial charge in [-0.25, -0.2) is 0 Å². The van der Waals surface area contributed by atoms with Crippen molar-refractivity contribution >= 4 is 43.8 Å². The van der Waals surface area contributed by atoms with Crippen LogP contribution < -0.4 is 0 Å². The minimum absolute atomic E-state index is 0.126. The Labute approximate surface area is 140 Å². The van der Waals surface area contributed by atoms with Gasteiger partial charge in [-0.05, 0) is 17.7 Å². The number of hydroxylamine groups is 2. The SMILES string of the molecule is O=C(O)CC1CC(=O)N(OS(=O)(=O)c2ccc(CBr)cc2)C1=O. The van der Waals surface area contributed by atoms with Crippen molar-refractivity contribution in [2.24, 2.45) is 5.92 Å². The molecule has 1 saturated heterocycles. The molecule has 124 valence electrons. The number of benzene rings is 1. The van der Waals surface area contributed by atoms with Crippen LogP contribution in [0.5, 0.6) is 0 Å². The van der Waals surface area contributed by atoms with Crippen LogP contribution in [0, 0.1) is 5.92 Å². The lowest BCUT2D eigenvalue weighted by Crippen LogP contribution is -2.33. The minimum Gasteiger partial charge on any atom is -0.481 e. The number of carbonyl (C=O) groups excluding carboxylic acids is 2. The number of nitrogens with zero attached hydrogens (tertiary/aromatic N) is 1. The Hall–Kier alpha value is -1.78. The molecule has 1 unspecified atom stereocenters. The molecule has 1 aromatic carbocycles. The van der Waals surface area contributed by atoms with Crippen molar-refractivity contribution in [3.63, 3.8) is 0 Å². The first-order valence-electron chi connectivity index (χ1n) is 6.42. The third-order valence-electron chi connectivity index (χ3n) is 3.16. The van der Waals surface area contributed by atoms with Gasteiger partial charge in [0.15, 0.2) is 0 Å². The monoisotopic (exact) mass is 405 g/mol. The van der Waals surface area contributed by atoms with Crippen LogP contribution >= 0.6 is 15.9 Å². The molecular weight excluding hydrogens is 394 g/mol. The van der Waals surface area contributed by atoms with Gasteiger partial charge in [0.05, 0.1) is 17.2 Å². The van der Waals surface area contributed by atoms with E-state index in [9.17, 15) is 22.8 Å². The van der Waals surface area contributed by atoms with Gasteiger partial charge in [0.2, 0.25) is 0 Å². The first-order chi connectivity index (χ1) is 10.7. The molecule has 0 radical (unpaired) electrons. The van der Waals surface area contributed by atoms with Gasteiger partial charge in [-0.2, -0.15) is 8.42 Å². The lowest BCUT2D eigenvalue weighted by Gasteiger charge is -2.13. The van der Waals surface area contributed by atoms with Gasteiger partial charge in [0.1, 0.15) is 0 Å². The number of amides is 2. The van der Waals surface area contributed by atoms with E-state index in [1.807, 2.05) is 0 Å². The van der Waals surface area contributed by atoms with Crippen LogP contribution in [0.2, 0.25) is 0 Å². The third-order valence-corrected chi connectivity index (χ3v) is 5.00. The highest BCUT2D eigenvalue weighted by atomic mass is 79.9. The van der Waals surface area contributed by atoms with Gasteiger partial charge < -0.3 is 5.11 Å². The molecule has 2 rings (SSSR count). The van der Waals surface area contributed by atoms with Crippen LogP contribution in [0.3, 0.4) is 0 Å². The van der Waals surface area contributed by atoms with Gasteiger partial charge in [0.25, 0.3) is 11.8 Å². The number of carboxylic acids is 1. The molecule has 0 aromatic heterocycles. The summed E-state index contributed by atoms with van der Waals surface area (Å²) in [6.07, 6.45) is -0.965. The Morgan fingerprint density at radius 2 is 1.91 bits per heavy atom. The number of rotatable bonds is 6. The van der Waals surface area contributed by atoms with E-state index >= 15 is 0 Å². The second kappa shape index (κ2) is 6.77. The maximum atomic E-state index is 12.1. The van der Waals surface area contributed by atoms with Gasteiger partial charge in [-0.1, -0.05) is 28.1 Å². The number of hydrogen-bond acceptors (Lipinski definition) is 6. The fourth-order valence-corrected chi connectivity index (χ4v) is 3.29.